The zero-order valence-electron chi connectivity index (χ0n) is 17.9. The quantitative estimate of drug-likeness (QED) is 0.177. The van der Waals surface area contributed by atoms with Crippen LogP contribution < -0.4 is 20.8 Å². The summed E-state index contributed by atoms with van der Waals surface area (Å²) in [6, 6.07) is 7.40. The largest absolute Gasteiger partial charge is 0.478 e. The third-order valence-electron chi connectivity index (χ3n) is 5.11. The topological polar surface area (TPSA) is 175 Å². The fourth-order valence-electron chi connectivity index (χ4n) is 3.38. The lowest BCUT2D eigenvalue weighted by molar-refractivity contribution is -0.151. The predicted octanol–water partition coefficient (Wildman–Crippen LogP) is 0.551. The van der Waals surface area contributed by atoms with Gasteiger partial charge in [-0.2, -0.15) is 4.72 Å². The monoisotopic (exact) mass is 480 g/mol. The molecule has 0 saturated carbocycles. The Bertz CT molecular complexity index is 1010. The van der Waals surface area contributed by atoms with Gasteiger partial charge in [-0.05, 0) is 37.8 Å². The van der Waals surface area contributed by atoms with Gasteiger partial charge < -0.3 is 20.7 Å². The van der Waals surface area contributed by atoms with Crippen LogP contribution in [0.15, 0.2) is 47.6 Å². The molecule has 6 N–H and O–H groups in total. The minimum absolute atomic E-state index is 0.105. The van der Waals surface area contributed by atoms with Crippen LogP contribution in [0.25, 0.3) is 0 Å². The number of benzene rings is 1. The van der Waals surface area contributed by atoms with Crippen LogP contribution in [0.3, 0.4) is 0 Å². The van der Waals surface area contributed by atoms with E-state index < -0.39 is 33.7 Å². The lowest BCUT2D eigenvalue weighted by atomic mass is 10.0. The van der Waals surface area contributed by atoms with E-state index in [0.29, 0.717) is 44.7 Å². The van der Waals surface area contributed by atoms with Crippen molar-refractivity contribution in [1.29, 1.82) is 0 Å². The second-order valence-corrected chi connectivity index (χ2v) is 9.27. The molecule has 1 aliphatic heterocycles. The molecule has 3 rings (SSSR count). The molecule has 1 saturated heterocycles. The van der Waals surface area contributed by atoms with E-state index in [-0.39, 0.29) is 11.3 Å². The first-order valence-corrected chi connectivity index (χ1v) is 12.1. The molecule has 180 valence electrons. The summed E-state index contributed by atoms with van der Waals surface area (Å²) in [4.78, 5) is 37.0. The number of aliphatic carboxylic acids is 1. The number of rotatable bonds is 13. The Labute approximate surface area is 191 Å². The van der Waals surface area contributed by atoms with Gasteiger partial charge in [0.15, 0.2) is 12.1 Å². The Kier molecular flexibility index (Phi) is 8.38. The van der Waals surface area contributed by atoms with Gasteiger partial charge in [0.1, 0.15) is 0 Å². The zero-order chi connectivity index (χ0) is 23.7. The number of hydrogen-bond donors (Lipinski definition) is 6. The van der Waals surface area contributed by atoms with Gasteiger partial charge in [-0.15, -0.1) is 0 Å². The Balaban J connectivity index is 1.70. The van der Waals surface area contributed by atoms with Gasteiger partial charge in [0.05, 0.1) is 4.90 Å². The van der Waals surface area contributed by atoms with Crippen LogP contribution in [0, 0.1) is 0 Å². The maximum absolute atomic E-state index is 12.9. The molecule has 0 bridgehead atoms. The molecule has 2 unspecified atom stereocenters. The fourth-order valence-corrected chi connectivity index (χ4v) is 4.71. The third-order valence-corrected chi connectivity index (χ3v) is 6.62. The minimum atomic E-state index is -4.24. The number of anilines is 1. The van der Waals surface area contributed by atoms with E-state index in [1.165, 1.54) is 24.3 Å². The molecule has 1 amide bonds. The molecule has 0 spiro atoms. The zero-order valence-corrected chi connectivity index (χ0v) is 18.7. The number of hydrogen-bond acceptors (Lipinski definition) is 8. The minimum Gasteiger partial charge on any atom is -0.478 e. The van der Waals surface area contributed by atoms with Crippen molar-refractivity contribution in [3.8, 4) is 0 Å². The SMILES string of the molecule is O=C(NC(CCCCCNc1ncc[nH]1)(NS(=O)(=O)c1ccccc1)C(=O)O)C1CCNO1. The summed E-state index contributed by atoms with van der Waals surface area (Å²) in [7, 11) is -4.24. The number of carbonyl (C=O) groups excluding carboxylic acids is 1. The Morgan fingerprint density at radius 1 is 1.21 bits per heavy atom. The van der Waals surface area contributed by atoms with Gasteiger partial charge in [-0.3, -0.25) is 9.63 Å². The van der Waals surface area contributed by atoms with E-state index in [9.17, 15) is 23.1 Å². The molecule has 2 atom stereocenters. The van der Waals surface area contributed by atoms with E-state index in [1.54, 1.807) is 18.5 Å². The van der Waals surface area contributed by atoms with Crippen LogP contribution >= 0.6 is 0 Å². The number of amides is 1. The summed E-state index contributed by atoms with van der Waals surface area (Å²) >= 11 is 0. The Morgan fingerprint density at radius 3 is 2.64 bits per heavy atom. The molecule has 1 aliphatic rings. The maximum atomic E-state index is 12.9. The van der Waals surface area contributed by atoms with Crippen molar-refractivity contribution in [2.45, 2.75) is 48.8 Å². The second kappa shape index (κ2) is 11.2. The van der Waals surface area contributed by atoms with Crippen LogP contribution in [0.4, 0.5) is 5.95 Å². The lowest BCUT2D eigenvalue weighted by Crippen LogP contribution is -2.66. The van der Waals surface area contributed by atoms with E-state index in [1.807, 2.05) is 0 Å². The van der Waals surface area contributed by atoms with Crippen LogP contribution in [0.5, 0.6) is 0 Å². The van der Waals surface area contributed by atoms with Gasteiger partial charge >= 0.3 is 5.97 Å². The first kappa shape index (κ1) is 24.6. The second-order valence-electron chi connectivity index (χ2n) is 7.58. The van der Waals surface area contributed by atoms with Crippen LogP contribution in [0.1, 0.15) is 32.1 Å². The van der Waals surface area contributed by atoms with E-state index >= 15 is 0 Å². The summed E-state index contributed by atoms with van der Waals surface area (Å²) < 4.78 is 28.1. The molecule has 2 heterocycles. The third kappa shape index (κ3) is 6.74. The number of nitrogens with zero attached hydrogens (tertiary/aromatic N) is 1. The summed E-state index contributed by atoms with van der Waals surface area (Å²) in [5.41, 5.74) is 0.329. The highest BCUT2D eigenvalue weighted by Crippen LogP contribution is 2.19. The Hall–Kier alpha value is -3.00. The molecule has 13 heteroatoms. The number of carboxylic acids is 1. The maximum Gasteiger partial charge on any atom is 0.345 e. The molecule has 1 fully saturated rings. The van der Waals surface area contributed by atoms with Crippen molar-refractivity contribution in [3.63, 3.8) is 0 Å². The smallest absolute Gasteiger partial charge is 0.345 e. The number of aromatic nitrogens is 2. The van der Waals surface area contributed by atoms with Crippen molar-refractivity contribution in [2.75, 3.05) is 18.4 Å². The summed E-state index contributed by atoms with van der Waals surface area (Å²) in [5.74, 6) is -1.59. The van der Waals surface area contributed by atoms with Crippen LogP contribution in [-0.4, -0.2) is 60.2 Å². The molecular formula is C20H28N6O6S. The summed E-state index contributed by atoms with van der Waals surface area (Å²) in [6.07, 6.45) is 4.20. The van der Waals surface area contributed by atoms with Crippen molar-refractivity contribution < 1.29 is 28.0 Å². The van der Waals surface area contributed by atoms with E-state index in [2.05, 4.69) is 30.8 Å². The van der Waals surface area contributed by atoms with Crippen molar-refractivity contribution >= 4 is 27.8 Å². The molecule has 33 heavy (non-hydrogen) atoms. The van der Waals surface area contributed by atoms with Gasteiger partial charge in [-0.25, -0.2) is 23.7 Å². The fraction of sp³-hybridized carbons (Fsp3) is 0.450. The summed E-state index contributed by atoms with van der Waals surface area (Å²) in [5, 5.41) is 15.5. The number of carboxylic acid groups (broad SMARTS) is 1. The molecule has 12 nitrogen and oxygen atoms in total. The number of carbonyl (C=O) groups is 2. The number of imidazole rings is 1. The number of H-pyrrole nitrogens is 1. The number of aromatic amines is 1. The molecule has 0 aliphatic carbocycles. The van der Waals surface area contributed by atoms with E-state index in [4.69, 9.17) is 4.84 Å². The highest BCUT2D eigenvalue weighted by atomic mass is 32.2. The van der Waals surface area contributed by atoms with Crippen LogP contribution in [-0.2, 0) is 24.4 Å². The van der Waals surface area contributed by atoms with Crippen molar-refractivity contribution in [3.05, 3.63) is 42.7 Å². The van der Waals surface area contributed by atoms with E-state index in [0.717, 1.165) is 0 Å². The summed E-state index contributed by atoms with van der Waals surface area (Å²) in [6.45, 7) is 1.02. The van der Waals surface area contributed by atoms with Gasteiger partial charge in [0.2, 0.25) is 15.7 Å². The molecule has 2 aromatic rings. The first-order chi connectivity index (χ1) is 15.8. The number of unbranched alkanes of at least 4 members (excludes halogenated alkanes) is 2. The first-order valence-electron chi connectivity index (χ1n) is 10.6. The highest BCUT2D eigenvalue weighted by molar-refractivity contribution is 7.89. The molecule has 1 aromatic heterocycles. The van der Waals surface area contributed by atoms with Crippen molar-refractivity contribution in [1.82, 2.24) is 25.5 Å². The Morgan fingerprint density at radius 2 is 2.00 bits per heavy atom. The predicted molar refractivity (Wildman–Crippen MR) is 118 cm³/mol. The average molecular weight is 481 g/mol. The van der Waals surface area contributed by atoms with Gasteiger partial charge in [0, 0.05) is 25.5 Å². The molecule has 1 aromatic carbocycles. The normalized spacial score (nSPS) is 17.9. The lowest BCUT2D eigenvalue weighted by Gasteiger charge is -2.32. The van der Waals surface area contributed by atoms with Gasteiger partial charge in [-0.1, -0.05) is 24.6 Å². The average Bonchev–Trinajstić information content (AvgIpc) is 3.50. The number of sulfonamides is 1. The van der Waals surface area contributed by atoms with Crippen molar-refractivity contribution in [2.24, 2.45) is 0 Å². The van der Waals surface area contributed by atoms with Crippen LogP contribution in [0.2, 0.25) is 0 Å². The number of hydroxylamine groups is 1. The number of nitrogens with one attached hydrogen (secondary N) is 5. The van der Waals surface area contributed by atoms with Gasteiger partial charge in [0.25, 0.3) is 5.91 Å². The molecule has 0 radical (unpaired) electrons. The molecular weight excluding hydrogens is 452 g/mol. The standard InChI is InChI=1S/C20H28N6O6S/c27-17(16-9-12-24-32-16)25-20(18(28)29,26-33(30,31)15-7-3-1-4-8-15)10-5-2-6-11-21-19-22-13-14-23-19/h1,3-4,7-8,13-14,16,24,26H,2,5-6,9-12H2,(H,25,27)(H,28,29)(H2,21,22,23). The highest BCUT2D eigenvalue weighted by Gasteiger charge is 2.45.